The molecule has 0 unspecified atom stereocenters. The molecule has 1 aromatic carbocycles. The number of rotatable bonds is 4. The molecule has 0 saturated carbocycles. The van der Waals surface area contributed by atoms with Crippen LogP contribution >= 0.6 is 0 Å². The molecule has 2 amide bonds. The van der Waals surface area contributed by atoms with Crippen LogP contribution in [0.3, 0.4) is 0 Å². The van der Waals surface area contributed by atoms with Crippen LogP contribution in [-0.4, -0.2) is 47.3 Å². The van der Waals surface area contributed by atoms with E-state index in [0.717, 1.165) is 18.4 Å². The van der Waals surface area contributed by atoms with Gasteiger partial charge in [-0.2, -0.15) is 0 Å². The molecule has 0 N–H and O–H groups in total. The smallest absolute Gasteiger partial charge is 0.254 e. The monoisotopic (exact) mass is 288 g/mol. The lowest BCUT2D eigenvalue weighted by Gasteiger charge is -2.29. The SMILES string of the molecule is CCN(CC)C(=O)[C@H]1CCCN1C(=O)c1ccccc1C. The Hall–Kier alpha value is -1.84. The molecule has 1 aromatic rings. The summed E-state index contributed by atoms with van der Waals surface area (Å²) in [6.07, 6.45) is 1.67. The molecule has 0 radical (unpaired) electrons. The van der Waals surface area contributed by atoms with E-state index < -0.39 is 0 Å². The second-order valence-corrected chi connectivity index (χ2v) is 5.48. The van der Waals surface area contributed by atoms with Crippen molar-refractivity contribution < 1.29 is 9.59 Å². The van der Waals surface area contributed by atoms with E-state index in [2.05, 4.69) is 0 Å². The summed E-state index contributed by atoms with van der Waals surface area (Å²) in [5.74, 6) is 0.0653. The molecule has 1 saturated heterocycles. The molecule has 4 nitrogen and oxygen atoms in total. The third-order valence-electron chi connectivity index (χ3n) is 4.25. The zero-order valence-corrected chi connectivity index (χ0v) is 13.1. The van der Waals surface area contributed by atoms with Gasteiger partial charge in [0.25, 0.3) is 5.91 Å². The highest BCUT2D eigenvalue weighted by atomic mass is 16.2. The van der Waals surface area contributed by atoms with Crippen LogP contribution in [0.25, 0.3) is 0 Å². The molecule has 1 aliphatic heterocycles. The maximum absolute atomic E-state index is 12.7. The Kier molecular flexibility index (Phi) is 4.99. The topological polar surface area (TPSA) is 40.6 Å². The Morgan fingerprint density at radius 3 is 2.52 bits per heavy atom. The average Bonchev–Trinajstić information content (AvgIpc) is 2.97. The van der Waals surface area contributed by atoms with Crippen molar-refractivity contribution in [3.63, 3.8) is 0 Å². The normalized spacial score (nSPS) is 17.9. The van der Waals surface area contributed by atoms with Gasteiger partial charge in [-0.1, -0.05) is 18.2 Å². The highest BCUT2D eigenvalue weighted by Gasteiger charge is 2.36. The molecule has 1 aliphatic rings. The lowest BCUT2D eigenvalue weighted by atomic mass is 10.1. The highest BCUT2D eigenvalue weighted by molar-refractivity contribution is 5.99. The lowest BCUT2D eigenvalue weighted by molar-refractivity contribution is -0.134. The van der Waals surface area contributed by atoms with E-state index in [4.69, 9.17) is 0 Å². The van der Waals surface area contributed by atoms with Crippen LogP contribution in [0.5, 0.6) is 0 Å². The number of amides is 2. The van der Waals surface area contributed by atoms with Gasteiger partial charge in [-0.3, -0.25) is 9.59 Å². The molecule has 1 heterocycles. The quantitative estimate of drug-likeness (QED) is 0.854. The molecular weight excluding hydrogens is 264 g/mol. The van der Waals surface area contributed by atoms with E-state index in [1.54, 1.807) is 4.90 Å². The maximum Gasteiger partial charge on any atom is 0.254 e. The number of nitrogens with zero attached hydrogens (tertiary/aromatic N) is 2. The largest absolute Gasteiger partial charge is 0.341 e. The van der Waals surface area contributed by atoms with Gasteiger partial charge in [-0.05, 0) is 45.2 Å². The zero-order chi connectivity index (χ0) is 15.4. The Morgan fingerprint density at radius 1 is 1.24 bits per heavy atom. The van der Waals surface area contributed by atoms with Crippen LogP contribution in [0, 0.1) is 6.92 Å². The third kappa shape index (κ3) is 3.09. The van der Waals surface area contributed by atoms with E-state index >= 15 is 0 Å². The Morgan fingerprint density at radius 2 is 1.90 bits per heavy atom. The molecular formula is C17H24N2O2. The van der Waals surface area contributed by atoms with Crippen molar-refractivity contribution in [2.45, 2.75) is 39.7 Å². The second kappa shape index (κ2) is 6.74. The summed E-state index contributed by atoms with van der Waals surface area (Å²) in [5, 5.41) is 0. The van der Waals surface area contributed by atoms with E-state index in [1.807, 2.05) is 49.9 Å². The molecule has 114 valence electrons. The van der Waals surface area contributed by atoms with Crippen molar-refractivity contribution in [1.82, 2.24) is 9.80 Å². The van der Waals surface area contributed by atoms with Gasteiger partial charge in [0.1, 0.15) is 6.04 Å². The second-order valence-electron chi connectivity index (χ2n) is 5.48. The fourth-order valence-corrected chi connectivity index (χ4v) is 2.98. The van der Waals surface area contributed by atoms with Crippen LogP contribution in [-0.2, 0) is 4.79 Å². The number of aryl methyl sites for hydroxylation is 1. The van der Waals surface area contributed by atoms with E-state index in [-0.39, 0.29) is 17.9 Å². The van der Waals surface area contributed by atoms with E-state index in [9.17, 15) is 9.59 Å². The van der Waals surface area contributed by atoms with Gasteiger partial charge in [0.05, 0.1) is 0 Å². The van der Waals surface area contributed by atoms with Gasteiger partial charge in [-0.25, -0.2) is 0 Å². The minimum Gasteiger partial charge on any atom is -0.341 e. The molecule has 0 bridgehead atoms. The number of hydrogen-bond donors (Lipinski definition) is 0. The minimum atomic E-state index is -0.294. The third-order valence-corrected chi connectivity index (χ3v) is 4.25. The first-order valence-electron chi connectivity index (χ1n) is 7.75. The molecule has 4 heteroatoms. The van der Waals surface area contributed by atoms with Crippen molar-refractivity contribution in [1.29, 1.82) is 0 Å². The van der Waals surface area contributed by atoms with Crippen molar-refractivity contribution in [3.8, 4) is 0 Å². The first-order valence-corrected chi connectivity index (χ1v) is 7.75. The number of benzene rings is 1. The van der Waals surface area contributed by atoms with Gasteiger partial charge >= 0.3 is 0 Å². The van der Waals surface area contributed by atoms with Gasteiger partial charge in [0.15, 0.2) is 0 Å². The van der Waals surface area contributed by atoms with Crippen LogP contribution in [0.4, 0.5) is 0 Å². The first kappa shape index (κ1) is 15.5. The van der Waals surface area contributed by atoms with Crippen molar-refractivity contribution in [2.75, 3.05) is 19.6 Å². The van der Waals surface area contributed by atoms with Gasteiger partial charge < -0.3 is 9.80 Å². The van der Waals surface area contributed by atoms with E-state index in [0.29, 0.717) is 25.2 Å². The summed E-state index contributed by atoms with van der Waals surface area (Å²) in [6, 6.07) is 7.28. The predicted octanol–water partition coefficient (Wildman–Crippen LogP) is 2.47. The summed E-state index contributed by atoms with van der Waals surface area (Å²) in [6.45, 7) is 7.94. The Labute approximate surface area is 126 Å². The summed E-state index contributed by atoms with van der Waals surface area (Å²) < 4.78 is 0. The standard InChI is InChI=1S/C17H24N2O2/c1-4-18(5-2)17(21)15-11-8-12-19(15)16(20)14-10-7-6-9-13(14)3/h6-7,9-10,15H,4-5,8,11-12H2,1-3H3/t15-/m1/s1. The Bertz CT molecular complexity index is 523. The van der Waals surface area contributed by atoms with Crippen LogP contribution in [0.2, 0.25) is 0 Å². The van der Waals surface area contributed by atoms with Crippen molar-refractivity contribution in [3.05, 3.63) is 35.4 Å². The number of carbonyl (C=O) groups excluding carboxylic acids is 2. The lowest BCUT2D eigenvalue weighted by Crippen LogP contribution is -2.47. The molecule has 0 aliphatic carbocycles. The van der Waals surface area contributed by atoms with Crippen LogP contribution < -0.4 is 0 Å². The van der Waals surface area contributed by atoms with Gasteiger partial charge in [-0.15, -0.1) is 0 Å². The predicted molar refractivity (Wildman–Crippen MR) is 83.2 cm³/mol. The fourth-order valence-electron chi connectivity index (χ4n) is 2.98. The number of carbonyl (C=O) groups is 2. The van der Waals surface area contributed by atoms with Crippen molar-refractivity contribution >= 4 is 11.8 Å². The average molecular weight is 288 g/mol. The summed E-state index contributed by atoms with van der Waals surface area (Å²) in [5.41, 5.74) is 1.67. The zero-order valence-electron chi connectivity index (χ0n) is 13.1. The van der Waals surface area contributed by atoms with Gasteiger partial charge in [0, 0.05) is 25.2 Å². The summed E-state index contributed by atoms with van der Waals surface area (Å²) >= 11 is 0. The summed E-state index contributed by atoms with van der Waals surface area (Å²) in [7, 11) is 0. The molecule has 21 heavy (non-hydrogen) atoms. The number of likely N-dealkylation sites (tertiary alicyclic amines) is 1. The number of likely N-dealkylation sites (N-methyl/N-ethyl adjacent to an activating group) is 1. The molecule has 0 spiro atoms. The maximum atomic E-state index is 12.7. The van der Waals surface area contributed by atoms with Crippen LogP contribution in [0.15, 0.2) is 24.3 Å². The van der Waals surface area contributed by atoms with Crippen molar-refractivity contribution in [2.24, 2.45) is 0 Å². The van der Waals surface area contributed by atoms with E-state index in [1.165, 1.54) is 0 Å². The van der Waals surface area contributed by atoms with Gasteiger partial charge in [0.2, 0.25) is 5.91 Å². The molecule has 1 atom stereocenters. The summed E-state index contributed by atoms with van der Waals surface area (Å²) in [4.78, 5) is 28.9. The molecule has 1 fully saturated rings. The fraction of sp³-hybridized carbons (Fsp3) is 0.529. The van der Waals surface area contributed by atoms with Crippen LogP contribution in [0.1, 0.15) is 42.6 Å². The first-order chi connectivity index (χ1) is 10.1. The Balaban J connectivity index is 2.21. The molecule has 2 rings (SSSR count). The molecule has 0 aromatic heterocycles. The highest BCUT2D eigenvalue weighted by Crippen LogP contribution is 2.23. The minimum absolute atomic E-state index is 0.0175. The number of hydrogen-bond acceptors (Lipinski definition) is 2.